The van der Waals surface area contributed by atoms with Crippen molar-refractivity contribution in [2.75, 3.05) is 6.61 Å². The Labute approximate surface area is 157 Å². The molecule has 1 unspecified atom stereocenters. The predicted molar refractivity (Wildman–Crippen MR) is 97.1 cm³/mol. The lowest BCUT2D eigenvalue weighted by atomic mass is 10.2. The van der Waals surface area contributed by atoms with Gasteiger partial charge in [-0.25, -0.2) is 0 Å². The number of pyridine rings is 1. The molecule has 2 heterocycles. The van der Waals surface area contributed by atoms with Crippen molar-refractivity contribution in [1.82, 2.24) is 15.0 Å². The van der Waals surface area contributed by atoms with Crippen LogP contribution in [0.15, 0.2) is 41.7 Å². The molecule has 0 bridgehead atoms. The Bertz CT molecular complexity index is 854. The van der Waals surface area contributed by atoms with E-state index in [1.807, 2.05) is 18.2 Å². The summed E-state index contributed by atoms with van der Waals surface area (Å²) in [4.78, 5) is 11.3. The van der Waals surface area contributed by atoms with Crippen LogP contribution in [0.5, 0.6) is 5.75 Å². The number of hydrogen-bond donors (Lipinski definition) is 1. The maximum atomic E-state index is 12.5. The molecule has 1 aromatic carbocycles. The Morgan fingerprint density at radius 1 is 1.23 bits per heavy atom. The molecule has 5 nitrogen and oxygen atoms in total. The number of fused-ring (bicyclic) bond motifs is 1. The highest BCUT2D eigenvalue weighted by Gasteiger charge is 2.29. The van der Waals surface area contributed by atoms with E-state index in [1.165, 1.54) is 12.3 Å². The number of ether oxygens (including phenoxy) is 1. The Morgan fingerprint density at radius 2 is 1.96 bits per heavy atom. The first-order valence-corrected chi connectivity index (χ1v) is 8.62. The van der Waals surface area contributed by atoms with Crippen molar-refractivity contribution in [3.8, 4) is 5.75 Å². The average molecular weight is 403 g/mol. The van der Waals surface area contributed by atoms with Gasteiger partial charge in [-0.05, 0) is 25.1 Å². The van der Waals surface area contributed by atoms with Gasteiger partial charge in [0.25, 0.3) is 0 Å². The first kappa shape index (κ1) is 20.4. The monoisotopic (exact) mass is 403 g/mol. The standard InChI is InChI=1S/C16H14F3N3O2S.H2S/c1-10-13(20-7-6-14(10)24-9-16(17,18)19)8-25(23)15-21-11-4-2-3-5-12(11)22-15;/h2-7H,8-9H2,1H3,(H,21,22);1H2. The third-order valence-electron chi connectivity index (χ3n) is 3.50. The molecule has 3 rings (SSSR count). The molecule has 1 atom stereocenters. The van der Waals surface area contributed by atoms with E-state index in [9.17, 15) is 17.7 Å². The van der Waals surface area contributed by atoms with Crippen molar-refractivity contribution >= 4 is 35.7 Å². The number of nitrogens with zero attached hydrogens (tertiary/aromatic N) is 2. The fourth-order valence-electron chi connectivity index (χ4n) is 2.25. The summed E-state index contributed by atoms with van der Waals surface area (Å²) in [6, 6.07) is 8.62. The molecule has 2 aromatic heterocycles. The number of imidazole rings is 1. The van der Waals surface area contributed by atoms with Crippen LogP contribution in [-0.2, 0) is 16.9 Å². The Hall–Kier alpha value is -1.91. The maximum absolute atomic E-state index is 12.5. The van der Waals surface area contributed by atoms with Crippen LogP contribution < -0.4 is 4.74 Å². The van der Waals surface area contributed by atoms with Crippen molar-refractivity contribution in [1.29, 1.82) is 0 Å². The largest absolute Gasteiger partial charge is 0.609 e. The zero-order chi connectivity index (χ0) is 18.0. The molecular weight excluding hydrogens is 387 g/mol. The summed E-state index contributed by atoms with van der Waals surface area (Å²) in [6.07, 6.45) is -3.09. The average Bonchev–Trinajstić information content (AvgIpc) is 2.99. The summed E-state index contributed by atoms with van der Waals surface area (Å²) in [5, 5.41) is 0.295. The van der Waals surface area contributed by atoms with Gasteiger partial charge in [-0.3, -0.25) is 9.97 Å². The summed E-state index contributed by atoms with van der Waals surface area (Å²) >= 11 is -1.51. The molecule has 0 amide bonds. The summed E-state index contributed by atoms with van der Waals surface area (Å²) in [6.45, 7) is 0.202. The minimum absolute atomic E-state index is 0. The number of H-pyrrole nitrogens is 1. The van der Waals surface area contributed by atoms with Crippen molar-refractivity contribution in [3.05, 3.63) is 47.8 Å². The van der Waals surface area contributed by atoms with Gasteiger partial charge in [0.2, 0.25) is 0 Å². The van der Waals surface area contributed by atoms with Gasteiger partial charge in [0.1, 0.15) is 5.75 Å². The second kappa shape index (κ2) is 8.19. The molecule has 3 aromatic rings. The third-order valence-corrected chi connectivity index (χ3v) is 4.66. The molecule has 0 aliphatic rings. The number of aromatic amines is 1. The quantitative estimate of drug-likeness (QED) is 0.661. The summed E-state index contributed by atoms with van der Waals surface area (Å²) < 4.78 is 54.2. The summed E-state index contributed by atoms with van der Waals surface area (Å²) in [7, 11) is 0. The van der Waals surface area contributed by atoms with Crippen molar-refractivity contribution in [2.45, 2.75) is 24.0 Å². The fourth-order valence-corrected chi connectivity index (χ4v) is 3.35. The van der Waals surface area contributed by atoms with E-state index < -0.39 is 24.0 Å². The second-order valence-corrected chi connectivity index (χ2v) is 6.70. The highest BCUT2D eigenvalue weighted by molar-refractivity contribution is 7.90. The van der Waals surface area contributed by atoms with E-state index in [4.69, 9.17) is 4.74 Å². The molecule has 10 heteroatoms. The van der Waals surface area contributed by atoms with Gasteiger partial charge in [0.05, 0.1) is 16.7 Å². The van der Waals surface area contributed by atoms with Crippen LogP contribution in [0.25, 0.3) is 11.0 Å². The zero-order valence-electron chi connectivity index (χ0n) is 13.6. The van der Waals surface area contributed by atoms with Crippen LogP contribution >= 0.6 is 13.5 Å². The minimum Gasteiger partial charge on any atom is -0.609 e. The third kappa shape index (κ3) is 4.83. The van der Waals surface area contributed by atoms with E-state index in [-0.39, 0.29) is 25.0 Å². The van der Waals surface area contributed by atoms with Crippen LogP contribution in [0.2, 0.25) is 0 Å². The topological polar surface area (TPSA) is 73.9 Å². The Balaban J connectivity index is 0.00000243. The molecule has 140 valence electrons. The first-order chi connectivity index (χ1) is 11.8. The number of alkyl halides is 3. The lowest BCUT2D eigenvalue weighted by molar-refractivity contribution is -0.153. The number of para-hydroxylation sites is 2. The molecule has 0 aliphatic heterocycles. The van der Waals surface area contributed by atoms with E-state index in [0.29, 0.717) is 21.9 Å². The molecule has 0 saturated carbocycles. The summed E-state index contributed by atoms with van der Waals surface area (Å²) in [5.74, 6) is 0.0958. The molecule has 26 heavy (non-hydrogen) atoms. The van der Waals surface area contributed by atoms with Crippen LogP contribution in [0.1, 0.15) is 11.3 Å². The number of nitrogens with one attached hydrogen (secondary N) is 1. The van der Waals surface area contributed by atoms with Crippen LogP contribution in [0.3, 0.4) is 0 Å². The maximum Gasteiger partial charge on any atom is 0.422 e. The van der Waals surface area contributed by atoms with Gasteiger partial charge in [-0.2, -0.15) is 31.7 Å². The van der Waals surface area contributed by atoms with Crippen molar-refractivity contribution < 1.29 is 22.5 Å². The van der Waals surface area contributed by atoms with Gasteiger partial charge in [0, 0.05) is 22.9 Å². The highest BCUT2D eigenvalue weighted by Crippen LogP contribution is 2.25. The normalized spacial score (nSPS) is 12.7. The molecule has 0 saturated heterocycles. The SMILES string of the molecule is Cc1c(OCC(F)(F)F)ccnc1C[S+]([O-])c1nc2ccccc2[nH]1.S. The zero-order valence-corrected chi connectivity index (χ0v) is 15.4. The van der Waals surface area contributed by atoms with E-state index >= 15 is 0 Å². The van der Waals surface area contributed by atoms with E-state index in [2.05, 4.69) is 15.0 Å². The number of halogens is 3. The number of rotatable bonds is 5. The van der Waals surface area contributed by atoms with Gasteiger partial charge >= 0.3 is 11.3 Å². The highest BCUT2D eigenvalue weighted by atomic mass is 32.2. The second-order valence-electron chi connectivity index (χ2n) is 5.33. The molecule has 0 aliphatic carbocycles. The van der Waals surface area contributed by atoms with Crippen LogP contribution in [0.4, 0.5) is 13.2 Å². The first-order valence-electron chi connectivity index (χ1n) is 7.30. The van der Waals surface area contributed by atoms with Gasteiger partial charge in [0.15, 0.2) is 12.4 Å². The fraction of sp³-hybridized carbons (Fsp3) is 0.250. The van der Waals surface area contributed by atoms with Gasteiger partial charge in [-0.15, -0.1) is 0 Å². The lowest BCUT2D eigenvalue weighted by Gasteiger charge is -2.14. The van der Waals surface area contributed by atoms with Crippen LogP contribution in [0, 0.1) is 6.92 Å². The summed E-state index contributed by atoms with van der Waals surface area (Å²) in [5.41, 5.74) is 2.28. The van der Waals surface area contributed by atoms with E-state index in [0.717, 1.165) is 5.52 Å². The number of aromatic nitrogens is 3. The molecule has 1 N–H and O–H groups in total. The Morgan fingerprint density at radius 3 is 2.65 bits per heavy atom. The number of benzene rings is 1. The molecule has 0 radical (unpaired) electrons. The van der Waals surface area contributed by atoms with Crippen molar-refractivity contribution in [2.24, 2.45) is 0 Å². The molecule has 0 spiro atoms. The lowest BCUT2D eigenvalue weighted by Crippen LogP contribution is -2.20. The Kier molecular flexibility index (Phi) is 6.43. The predicted octanol–water partition coefficient (Wildman–Crippen LogP) is 3.63. The molecular formula is C16H16F3N3O2S2. The van der Waals surface area contributed by atoms with Gasteiger partial charge in [-0.1, -0.05) is 12.1 Å². The minimum atomic E-state index is -4.42. The molecule has 0 fully saturated rings. The number of hydrogen-bond acceptors (Lipinski definition) is 4. The van der Waals surface area contributed by atoms with Crippen LogP contribution in [-0.4, -0.2) is 32.3 Å². The van der Waals surface area contributed by atoms with Crippen molar-refractivity contribution in [3.63, 3.8) is 0 Å². The van der Waals surface area contributed by atoms with E-state index in [1.54, 1.807) is 13.0 Å². The smallest absolute Gasteiger partial charge is 0.422 e. The van der Waals surface area contributed by atoms with Gasteiger partial charge < -0.3 is 9.29 Å².